The summed E-state index contributed by atoms with van der Waals surface area (Å²) in [6.45, 7) is 2.89. The first-order chi connectivity index (χ1) is 10.7. The molecule has 5 nitrogen and oxygen atoms in total. The zero-order chi connectivity index (χ0) is 15.1. The van der Waals surface area contributed by atoms with E-state index in [9.17, 15) is 4.79 Å². The quantitative estimate of drug-likeness (QED) is 0.907. The minimum atomic E-state index is -0.00563. The van der Waals surface area contributed by atoms with Crippen LogP contribution >= 0.6 is 12.4 Å². The Morgan fingerprint density at radius 1 is 1.26 bits per heavy atom. The molecule has 0 spiro atoms. The molecule has 124 valence electrons. The third kappa shape index (κ3) is 3.13. The van der Waals surface area contributed by atoms with Gasteiger partial charge in [-0.05, 0) is 36.8 Å². The van der Waals surface area contributed by atoms with Crippen molar-refractivity contribution in [2.45, 2.75) is 31.8 Å². The smallest absolute Gasteiger partial charge is 0.258 e. The fraction of sp³-hybridized carbons (Fsp3) is 0.529. The van der Waals surface area contributed by atoms with Crippen molar-refractivity contribution in [3.8, 4) is 0 Å². The Kier molecular flexibility index (Phi) is 4.71. The minimum Gasteiger partial charge on any atom is -0.327 e. The SMILES string of the molecule is Cl.NC1CCCC2CN(Cc3cc(=O)n4ccccc4n3)CC12. The van der Waals surface area contributed by atoms with Gasteiger partial charge in [-0.2, -0.15) is 0 Å². The lowest BCUT2D eigenvalue weighted by atomic mass is 9.78. The predicted octanol–water partition coefficient (Wildman–Crippen LogP) is 1.68. The Bertz CT molecular complexity index is 747. The molecular formula is C17H23ClN4O. The van der Waals surface area contributed by atoms with Gasteiger partial charge in [0.2, 0.25) is 0 Å². The van der Waals surface area contributed by atoms with Gasteiger partial charge in [0.15, 0.2) is 0 Å². The topological polar surface area (TPSA) is 63.6 Å². The second kappa shape index (κ2) is 6.59. The summed E-state index contributed by atoms with van der Waals surface area (Å²) in [4.78, 5) is 19.2. The number of likely N-dealkylation sites (tertiary alicyclic amines) is 1. The number of aromatic nitrogens is 2. The second-order valence-corrected chi connectivity index (χ2v) is 6.73. The summed E-state index contributed by atoms with van der Waals surface area (Å²) >= 11 is 0. The van der Waals surface area contributed by atoms with Crippen LogP contribution in [0.15, 0.2) is 35.3 Å². The van der Waals surface area contributed by atoms with Crippen LogP contribution in [0.4, 0.5) is 0 Å². The van der Waals surface area contributed by atoms with E-state index in [0.717, 1.165) is 43.3 Å². The Morgan fingerprint density at radius 3 is 2.96 bits per heavy atom. The normalized spacial score (nSPS) is 27.6. The summed E-state index contributed by atoms with van der Waals surface area (Å²) in [5.41, 5.74) is 7.86. The van der Waals surface area contributed by atoms with E-state index in [4.69, 9.17) is 5.73 Å². The fourth-order valence-corrected chi connectivity index (χ4v) is 4.15. The average Bonchev–Trinajstić information content (AvgIpc) is 2.91. The number of nitrogens with zero attached hydrogens (tertiary/aromatic N) is 3. The molecule has 3 unspecified atom stereocenters. The summed E-state index contributed by atoms with van der Waals surface area (Å²) in [6.07, 6.45) is 5.47. The molecule has 0 bridgehead atoms. The number of hydrogen-bond donors (Lipinski definition) is 1. The van der Waals surface area contributed by atoms with E-state index in [1.165, 1.54) is 12.8 Å². The Labute approximate surface area is 141 Å². The molecule has 2 aliphatic rings. The van der Waals surface area contributed by atoms with E-state index in [1.807, 2.05) is 18.2 Å². The molecular weight excluding hydrogens is 312 g/mol. The first kappa shape index (κ1) is 16.4. The molecule has 23 heavy (non-hydrogen) atoms. The van der Waals surface area contributed by atoms with Crippen molar-refractivity contribution in [3.63, 3.8) is 0 Å². The van der Waals surface area contributed by atoms with Gasteiger partial charge in [0.25, 0.3) is 5.56 Å². The van der Waals surface area contributed by atoms with Gasteiger partial charge in [0.1, 0.15) is 5.65 Å². The maximum absolute atomic E-state index is 12.2. The summed E-state index contributed by atoms with van der Waals surface area (Å²) in [6, 6.07) is 7.65. The molecule has 1 saturated heterocycles. The second-order valence-electron chi connectivity index (χ2n) is 6.73. The van der Waals surface area contributed by atoms with E-state index >= 15 is 0 Å². The third-order valence-electron chi connectivity index (χ3n) is 5.24. The minimum absolute atomic E-state index is 0. The Morgan fingerprint density at radius 2 is 2.13 bits per heavy atom. The molecule has 1 aliphatic carbocycles. The first-order valence-corrected chi connectivity index (χ1v) is 8.16. The number of pyridine rings is 1. The van der Waals surface area contributed by atoms with Crippen LogP contribution < -0.4 is 11.3 Å². The number of fused-ring (bicyclic) bond motifs is 2. The van der Waals surface area contributed by atoms with E-state index in [-0.39, 0.29) is 18.0 Å². The highest BCUT2D eigenvalue weighted by atomic mass is 35.5. The standard InChI is InChI=1S/C17H22N4O.ClH/c18-15-5-3-4-12-9-20(11-14(12)15)10-13-8-17(22)21-7-2-1-6-16(21)19-13;/h1-2,6-8,12,14-15H,3-5,9-11,18H2;1H. The van der Waals surface area contributed by atoms with Gasteiger partial charge in [-0.3, -0.25) is 14.1 Å². The van der Waals surface area contributed by atoms with E-state index in [1.54, 1.807) is 16.7 Å². The van der Waals surface area contributed by atoms with Gasteiger partial charge in [-0.15, -0.1) is 12.4 Å². The summed E-state index contributed by atoms with van der Waals surface area (Å²) < 4.78 is 1.59. The van der Waals surface area contributed by atoms with Crippen molar-refractivity contribution in [2.24, 2.45) is 17.6 Å². The molecule has 1 aliphatic heterocycles. The third-order valence-corrected chi connectivity index (χ3v) is 5.24. The van der Waals surface area contributed by atoms with Gasteiger partial charge in [-0.25, -0.2) is 4.98 Å². The van der Waals surface area contributed by atoms with Crippen LogP contribution in [0.5, 0.6) is 0 Å². The van der Waals surface area contributed by atoms with Gasteiger partial charge in [0.05, 0.1) is 5.69 Å². The summed E-state index contributed by atoms with van der Waals surface area (Å²) in [5.74, 6) is 1.35. The molecule has 2 N–H and O–H groups in total. The van der Waals surface area contributed by atoms with Crippen molar-refractivity contribution in [1.29, 1.82) is 0 Å². The Balaban J connectivity index is 0.00000156. The van der Waals surface area contributed by atoms with Crippen LogP contribution in [-0.2, 0) is 6.54 Å². The van der Waals surface area contributed by atoms with Crippen molar-refractivity contribution >= 4 is 18.1 Å². The van der Waals surface area contributed by atoms with Crippen LogP contribution in [0.1, 0.15) is 25.0 Å². The molecule has 2 fully saturated rings. The van der Waals surface area contributed by atoms with Crippen LogP contribution in [0.3, 0.4) is 0 Å². The number of halogens is 1. The van der Waals surface area contributed by atoms with Gasteiger partial charge < -0.3 is 5.73 Å². The van der Waals surface area contributed by atoms with Crippen molar-refractivity contribution in [1.82, 2.24) is 14.3 Å². The summed E-state index contributed by atoms with van der Waals surface area (Å²) in [7, 11) is 0. The molecule has 2 aromatic heterocycles. The maximum Gasteiger partial charge on any atom is 0.258 e. The fourth-order valence-electron chi connectivity index (χ4n) is 4.15. The van der Waals surface area contributed by atoms with E-state index in [0.29, 0.717) is 12.0 Å². The van der Waals surface area contributed by atoms with Gasteiger partial charge in [-0.1, -0.05) is 12.5 Å². The molecule has 2 aromatic rings. The number of hydrogen-bond acceptors (Lipinski definition) is 4. The zero-order valence-corrected chi connectivity index (χ0v) is 13.9. The molecule has 0 aromatic carbocycles. The molecule has 3 heterocycles. The van der Waals surface area contributed by atoms with E-state index in [2.05, 4.69) is 9.88 Å². The highest BCUT2D eigenvalue weighted by molar-refractivity contribution is 5.85. The number of nitrogens with two attached hydrogens (primary N) is 1. The molecule has 3 atom stereocenters. The van der Waals surface area contributed by atoms with Crippen LogP contribution in [0.2, 0.25) is 0 Å². The predicted molar refractivity (Wildman–Crippen MR) is 92.8 cm³/mol. The molecule has 0 radical (unpaired) electrons. The average molecular weight is 335 g/mol. The lowest BCUT2D eigenvalue weighted by Gasteiger charge is -2.29. The maximum atomic E-state index is 12.2. The lowest BCUT2D eigenvalue weighted by Crippen LogP contribution is -2.38. The van der Waals surface area contributed by atoms with Crippen molar-refractivity contribution in [3.05, 3.63) is 46.5 Å². The monoisotopic (exact) mass is 334 g/mol. The van der Waals surface area contributed by atoms with Gasteiger partial charge in [0, 0.05) is 37.9 Å². The Hall–Kier alpha value is -1.43. The first-order valence-electron chi connectivity index (χ1n) is 8.16. The molecule has 4 rings (SSSR count). The van der Waals surface area contributed by atoms with Crippen LogP contribution in [0.25, 0.3) is 5.65 Å². The largest absolute Gasteiger partial charge is 0.327 e. The van der Waals surface area contributed by atoms with E-state index < -0.39 is 0 Å². The van der Waals surface area contributed by atoms with Crippen LogP contribution in [-0.4, -0.2) is 33.4 Å². The molecule has 1 saturated carbocycles. The van der Waals surface area contributed by atoms with Crippen molar-refractivity contribution < 1.29 is 0 Å². The highest BCUT2D eigenvalue weighted by Crippen LogP contribution is 2.35. The number of rotatable bonds is 2. The molecule has 6 heteroatoms. The lowest BCUT2D eigenvalue weighted by molar-refractivity contribution is 0.259. The summed E-state index contributed by atoms with van der Waals surface area (Å²) in [5, 5.41) is 0. The van der Waals surface area contributed by atoms with Crippen LogP contribution in [0, 0.1) is 11.8 Å². The van der Waals surface area contributed by atoms with Crippen molar-refractivity contribution in [2.75, 3.05) is 13.1 Å². The zero-order valence-electron chi connectivity index (χ0n) is 13.1. The highest BCUT2D eigenvalue weighted by Gasteiger charge is 2.38. The van der Waals surface area contributed by atoms with Gasteiger partial charge >= 0.3 is 0 Å². The molecule has 0 amide bonds.